The van der Waals surface area contributed by atoms with Crippen molar-refractivity contribution in [2.45, 2.75) is 6.10 Å². The van der Waals surface area contributed by atoms with Crippen molar-refractivity contribution in [2.75, 3.05) is 6.61 Å². The van der Waals surface area contributed by atoms with Crippen LogP contribution in [0, 0.1) is 17.3 Å². The first-order chi connectivity index (χ1) is 4.29. The smallest absolute Gasteiger partial charge is 0.313 e. The molecule has 9 heavy (non-hydrogen) atoms. The van der Waals surface area contributed by atoms with Crippen LogP contribution in [0.3, 0.4) is 0 Å². The summed E-state index contributed by atoms with van der Waals surface area (Å²) in [4.78, 5) is 10.5. The lowest BCUT2D eigenvalue weighted by molar-refractivity contribution is -0.141. The number of hydrogen-bond donors (Lipinski definition) is 1. The molecule has 3 nitrogen and oxygen atoms in total. The number of hydrogen-bond acceptors (Lipinski definition) is 2. The van der Waals surface area contributed by atoms with Crippen molar-refractivity contribution >= 4 is 5.97 Å². The van der Waals surface area contributed by atoms with Gasteiger partial charge in [0.25, 0.3) is 0 Å². The van der Waals surface area contributed by atoms with Crippen molar-refractivity contribution in [3.8, 4) is 0 Å². The molecule has 4 fully saturated rings. The SMILES string of the molecule is O=C(O)C12C3COC1C32. The Labute approximate surface area is 51.6 Å². The first-order valence-electron chi connectivity index (χ1n) is 3.14. The Balaban J connectivity index is 2.04. The number of aliphatic carboxylic acids is 1. The Kier molecular flexibility index (Phi) is 0.387. The molecule has 1 N–H and O–H groups in total. The third-order valence-electron chi connectivity index (χ3n) is 3.00. The van der Waals surface area contributed by atoms with Crippen LogP contribution in [0.2, 0.25) is 0 Å². The van der Waals surface area contributed by atoms with Gasteiger partial charge in [-0.3, -0.25) is 4.79 Å². The van der Waals surface area contributed by atoms with E-state index in [1.54, 1.807) is 0 Å². The normalized spacial score (nSPS) is 65.1. The van der Waals surface area contributed by atoms with E-state index in [1.807, 2.05) is 0 Å². The van der Waals surface area contributed by atoms with Crippen LogP contribution in [-0.2, 0) is 9.53 Å². The molecule has 0 radical (unpaired) electrons. The summed E-state index contributed by atoms with van der Waals surface area (Å²) >= 11 is 0. The van der Waals surface area contributed by atoms with E-state index in [0.717, 1.165) is 0 Å². The highest BCUT2D eigenvalue weighted by atomic mass is 16.5. The molecule has 2 aliphatic carbocycles. The Bertz CT molecular complexity index is 189. The Hall–Kier alpha value is -0.570. The summed E-state index contributed by atoms with van der Waals surface area (Å²) < 4.78 is 5.15. The molecule has 0 aromatic rings. The third kappa shape index (κ3) is 0.208. The van der Waals surface area contributed by atoms with Crippen molar-refractivity contribution in [2.24, 2.45) is 17.3 Å². The monoisotopic (exact) mass is 126 g/mol. The lowest BCUT2D eigenvalue weighted by atomic mass is 10.1. The van der Waals surface area contributed by atoms with Gasteiger partial charge < -0.3 is 9.84 Å². The number of rotatable bonds is 1. The zero-order chi connectivity index (χ0) is 6.22. The van der Waals surface area contributed by atoms with Gasteiger partial charge in [0, 0.05) is 11.8 Å². The zero-order valence-corrected chi connectivity index (χ0v) is 4.70. The van der Waals surface area contributed by atoms with Crippen LogP contribution in [0.15, 0.2) is 0 Å². The van der Waals surface area contributed by atoms with Gasteiger partial charge in [-0.05, 0) is 0 Å². The molecule has 3 heteroatoms. The molecule has 2 saturated heterocycles. The highest BCUT2D eigenvalue weighted by molar-refractivity contribution is 5.87. The molecule has 0 spiro atoms. The second-order valence-corrected chi connectivity index (χ2v) is 3.12. The van der Waals surface area contributed by atoms with Gasteiger partial charge in [-0.25, -0.2) is 0 Å². The minimum Gasteiger partial charge on any atom is -0.481 e. The van der Waals surface area contributed by atoms with E-state index in [2.05, 4.69) is 0 Å². The van der Waals surface area contributed by atoms with Gasteiger partial charge in [-0.2, -0.15) is 0 Å². The number of carboxylic acids is 1. The molecule has 2 bridgehead atoms. The summed E-state index contributed by atoms with van der Waals surface area (Å²) in [5.74, 6) is 0.162. The molecule has 4 unspecified atom stereocenters. The summed E-state index contributed by atoms with van der Waals surface area (Å²) in [7, 11) is 0. The van der Waals surface area contributed by atoms with E-state index in [4.69, 9.17) is 9.84 Å². The molecule has 2 aliphatic heterocycles. The van der Waals surface area contributed by atoms with Crippen LogP contribution >= 0.6 is 0 Å². The maximum absolute atomic E-state index is 10.5. The Morgan fingerprint density at radius 3 is 2.78 bits per heavy atom. The predicted molar refractivity (Wildman–Crippen MR) is 26.8 cm³/mol. The molecular weight excluding hydrogens is 120 g/mol. The topological polar surface area (TPSA) is 46.5 Å². The zero-order valence-electron chi connectivity index (χ0n) is 4.70. The maximum Gasteiger partial charge on any atom is 0.313 e. The minimum absolute atomic E-state index is 0.111. The van der Waals surface area contributed by atoms with Crippen molar-refractivity contribution < 1.29 is 14.6 Å². The van der Waals surface area contributed by atoms with E-state index in [9.17, 15) is 4.79 Å². The van der Waals surface area contributed by atoms with Gasteiger partial charge in [0.2, 0.25) is 0 Å². The summed E-state index contributed by atoms with van der Waals surface area (Å²) in [5.41, 5.74) is -0.361. The number of carbonyl (C=O) groups is 1. The Morgan fingerprint density at radius 2 is 2.56 bits per heavy atom. The molecule has 48 valence electrons. The fraction of sp³-hybridized carbons (Fsp3) is 0.833. The third-order valence-corrected chi connectivity index (χ3v) is 3.00. The van der Waals surface area contributed by atoms with Crippen molar-refractivity contribution in [1.82, 2.24) is 0 Å². The number of carboxylic acid groups (broad SMARTS) is 1. The van der Waals surface area contributed by atoms with Gasteiger partial charge in [-0.1, -0.05) is 0 Å². The quantitative estimate of drug-likeness (QED) is 0.525. The standard InChI is InChI=1S/C6H6O3/c7-5(8)6-2-1-9-4(6)3(2)6/h2-4H,1H2,(H,7,8). The van der Waals surface area contributed by atoms with Crippen molar-refractivity contribution in [3.63, 3.8) is 0 Å². The summed E-state index contributed by atoms with van der Waals surface area (Å²) in [6, 6.07) is 0. The second kappa shape index (κ2) is 0.814. The summed E-state index contributed by atoms with van der Waals surface area (Å²) in [5, 5.41) is 8.65. The molecule has 2 heterocycles. The number of fused-ring (bicyclic) bond motifs is 1. The maximum atomic E-state index is 10.5. The van der Waals surface area contributed by atoms with Crippen LogP contribution in [0.25, 0.3) is 0 Å². The van der Waals surface area contributed by atoms with Crippen molar-refractivity contribution in [1.29, 1.82) is 0 Å². The molecule has 0 amide bonds. The molecule has 0 aromatic heterocycles. The fourth-order valence-electron chi connectivity index (χ4n) is 2.33. The molecule has 2 saturated carbocycles. The predicted octanol–water partition coefficient (Wildman–Crippen LogP) is -0.284. The van der Waals surface area contributed by atoms with Crippen LogP contribution in [0.4, 0.5) is 0 Å². The highest BCUT2D eigenvalue weighted by Gasteiger charge is 2.95. The minimum atomic E-state index is -0.639. The van der Waals surface area contributed by atoms with Crippen molar-refractivity contribution in [3.05, 3.63) is 0 Å². The summed E-state index contributed by atoms with van der Waals surface area (Å²) in [6.07, 6.45) is 0.111. The van der Waals surface area contributed by atoms with Gasteiger partial charge in [-0.15, -0.1) is 0 Å². The van der Waals surface area contributed by atoms with E-state index >= 15 is 0 Å². The van der Waals surface area contributed by atoms with Crippen LogP contribution < -0.4 is 0 Å². The molecule has 0 aromatic carbocycles. The average molecular weight is 126 g/mol. The lowest BCUT2D eigenvalue weighted by Crippen LogP contribution is -2.14. The Morgan fingerprint density at radius 1 is 1.78 bits per heavy atom. The van der Waals surface area contributed by atoms with Gasteiger partial charge in [0.15, 0.2) is 0 Å². The van der Waals surface area contributed by atoms with E-state index in [1.165, 1.54) is 0 Å². The lowest BCUT2D eigenvalue weighted by Gasteiger charge is -1.96. The van der Waals surface area contributed by atoms with E-state index in [0.29, 0.717) is 18.4 Å². The second-order valence-electron chi connectivity index (χ2n) is 3.12. The van der Waals surface area contributed by atoms with E-state index in [-0.39, 0.29) is 11.5 Å². The molecule has 4 aliphatic rings. The van der Waals surface area contributed by atoms with Gasteiger partial charge >= 0.3 is 5.97 Å². The molecule has 4 atom stereocenters. The molecular formula is C6H6O3. The van der Waals surface area contributed by atoms with Crippen LogP contribution in [0.5, 0.6) is 0 Å². The van der Waals surface area contributed by atoms with Crippen LogP contribution in [0.1, 0.15) is 0 Å². The van der Waals surface area contributed by atoms with E-state index < -0.39 is 5.97 Å². The largest absolute Gasteiger partial charge is 0.481 e. The first kappa shape index (κ1) is 4.28. The van der Waals surface area contributed by atoms with Gasteiger partial charge in [0.1, 0.15) is 5.41 Å². The van der Waals surface area contributed by atoms with Crippen LogP contribution in [-0.4, -0.2) is 23.8 Å². The highest BCUT2D eigenvalue weighted by Crippen LogP contribution is 2.84. The average Bonchev–Trinajstić information content (AvgIpc) is 2.49. The molecule has 4 rings (SSSR count). The van der Waals surface area contributed by atoms with Gasteiger partial charge in [0.05, 0.1) is 12.7 Å². The first-order valence-corrected chi connectivity index (χ1v) is 3.14. The summed E-state index contributed by atoms with van der Waals surface area (Å²) in [6.45, 7) is 0.696. The fourth-order valence-corrected chi connectivity index (χ4v) is 2.33. The number of ether oxygens (including phenoxy) is 1.